The molecule has 0 saturated heterocycles. The first-order chi connectivity index (χ1) is 11.5. The monoisotopic (exact) mass is 380 g/mol. The van der Waals surface area contributed by atoms with Crippen LogP contribution in [-0.4, -0.2) is 10.5 Å². The van der Waals surface area contributed by atoms with Crippen LogP contribution in [0.3, 0.4) is 0 Å². The summed E-state index contributed by atoms with van der Waals surface area (Å²) in [4.78, 5) is 16.9. The minimum absolute atomic E-state index is 0.221. The minimum Gasteiger partial charge on any atom is -0.310 e. The van der Waals surface area contributed by atoms with E-state index in [2.05, 4.69) is 11.6 Å². The van der Waals surface area contributed by atoms with Crippen LogP contribution in [0.25, 0.3) is 10.2 Å². The van der Waals surface area contributed by atoms with E-state index in [1.165, 1.54) is 29.5 Å². The number of benzene rings is 2. The molecule has 2 aromatic carbocycles. The van der Waals surface area contributed by atoms with Crippen molar-refractivity contribution in [1.82, 2.24) is 4.57 Å². The van der Waals surface area contributed by atoms with Crippen molar-refractivity contribution < 1.29 is 9.18 Å². The number of carbonyl (C=O) groups excluding carboxylic acids is 1. The van der Waals surface area contributed by atoms with Gasteiger partial charge < -0.3 is 4.57 Å². The van der Waals surface area contributed by atoms with Crippen LogP contribution in [0, 0.1) is 5.82 Å². The van der Waals surface area contributed by atoms with E-state index in [-0.39, 0.29) is 16.4 Å². The van der Waals surface area contributed by atoms with Gasteiger partial charge in [0.2, 0.25) is 0 Å². The van der Waals surface area contributed by atoms with Crippen LogP contribution in [0.2, 0.25) is 10.0 Å². The Bertz CT molecular complexity index is 1020. The van der Waals surface area contributed by atoms with Crippen LogP contribution in [0.5, 0.6) is 0 Å². The highest BCUT2D eigenvalue weighted by molar-refractivity contribution is 7.16. The quantitative estimate of drug-likeness (QED) is 0.583. The number of hydrogen-bond acceptors (Lipinski definition) is 2. The summed E-state index contributed by atoms with van der Waals surface area (Å²) in [7, 11) is 0. The first-order valence-corrected chi connectivity index (χ1v) is 8.51. The Hall–Kier alpha value is -1.95. The lowest BCUT2D eigenvalue weighted by Gasteiger charge is -2.02. The molecule has 0 saturated carbocycles. The minimum atomic E-state index is -0.513. The molecule has 3 nitrogen and oxygen atoms in total. The van der Waals surface area contributed by atoms with Crippen LogP contribution < -0.4 is 4.80 Å². The Kier molecular flexibility index (Phi) is 4.85. The molecule has 0 unspecified atom stereocenters. The molecule has 0 N–H and O–H groups in total. The molecule has 0 fully saturated rings. The van der Waals surface area contributed by atoms with E-state index >= 15 is 0 Å². The zero-order valence-corrected chi connectivity index (χ0v) is 14.6. The Morgan fingerprint density at radius 3 is 2.83 bits per heavy atom. The number of nitrogens with zero attached hydrogens (tertiary/aromatic N) is 2. The number of rotatable bonds is 3. The van der Waals surface area contributed by atoms with Crippen molar-refractivity contribution >= 4 is 50.7 Å². The lowest BCUT2D eigenvalue weighted by molar-refractivity contribution is 0.0998. The van der Waals surface area contributed by atoms with Gasteiger partial charge in [-0.25, -0.2) is 4.39 Å². The molecule has 24 heavy (non-hydrogen) atoms. The average Bonchev–Trinajstić information content (AvgIpc) is 2.86. The number of para-hydroxylation sites is 1. The SMILES string of the molecule is C=CCn1c(=NC(=O)c2ccc(Cl)cc2Cl)sc2cccc(F)c21. The maximum atomic E-state index is 14.1. The molecule has 0 aliphatic heterocycles. The summed E-state index contributed by atoms with van der Waals surface area (Å²) < 4.78 is 16.5. The van der Waals surface area contributed by atoms with E-state index < -0.39 is 5.91 Å². The predicted octanol–water partition coefficient (Wildman–Crippen LogP) is 5.08. The molecular formula is C17H11Cl2FN2OS. The number of thiazole rings is 1. The van der Waals surface area contributed by atoms with E-state index in [1.807, 2.05) is 0 Å². The van der Waals surface area contributed by atoms with E-state index in [0.29, 0.717) is 26.6 Å². The molecule has 3 rings (SSSR count). The third-order valence-corrected chi connectivity index (χ3v) is 4.91. The molecule has 122 valence electrons. The number of allylic oxidation sites excluding steroid dienone is 1. The molecule has 0 atom stereocenters. The van der Waals surface area contributed by atoms with Crippen LogP contribution >= 0.6 is 34.5 Å². The van der Waals surface area contributed by atoms with Crippen molar-refractivity contribution in [2.24, 2.45) is 4.99 Å². The first kappa shape index (κ1) is 16.9. The second kappa shape index (κ2) is 6.89. The molecular weight excluding hydrogens is 370 g/mol. The normalized spacial score (nSPS) is 11.9. The molecule has 0 aliphatic rings. The van der Waals surface area contributed by atoms with E-state index in [9.17, 15) is 9.18 Å². The maximum Gasteiger partial charge on any atom is 0.281 e. The molecule has 1 heterocycles. The fourth-order valence-electron chi connectivity index (χ4n) is 2.28. The van der Waals surface area contributed by atoms with Gasteiger partial charge in [0.15, 0.2) is 4.80 Å². The summed E-state index contributed by atoms with van der Waals surface area (Å²) in [6, 6.07) is 9.33. The van der Waals surface area contributed by atoms with Crippen molar-refractivity contribution in [2.45, 2.75) is 6.54 Å². The van der Waals surface area contributed by atoms with Crippen LogP contribution in [0.15, 0.2) is 54.0 Å². The molecule has 0 spiro atoms. The Morgan fingerprint density at radius 1 is 1.33 bits per heavy atom. The fourth-order valence-corrected chi connectivity index (χ4v) is 3.82. The second-order valence-corrected chi connectivity index (χ2v) is 6.76. The van der Waals surface area contributed by atoms with E-state index in [0.717, 1.165) is 0 Å². The standard InChI is InChI=1S/C17H11Cl2FN2OS/c1-2-8-22-15-13(20)4-3-5-14(15)24-17(22)21-16(23)11-7-6-10(18)9-12(11)19/h2-7,9H,1,8H2. The Labute approximate surface area is 151 Å². The largest absolute Gasteiger partial charge is 0.310 e. The molecule has 1 amide bonds. The maximum absolute atomic E-state index is 14.1. The van der Waals surface area contributed by atoms with Gasteiger partial charge in [-0.1, -0.05) is 46.7 Å². The summed E-state index contributed by atoms with van der Waals surface area (Å²) >= 11 is 13.1. The number of carbonyl (C=O) groups is 1. The topological polar surface area (TPSA) is 34.4 Å². The molecule has 3 aromatic rings. The van der Waals surface area contributed by atoms with Gasteiger partial charge in [0.05, 0.1) is 20.8 Å². The third kappa shape index (κ3) is 3.15. The lowest BCUT2D eigenvalue weighted by Crippen LogP contribution is -2.17. The van der Waals surface area contributed by atoms with Gasteiger partial charge in [-0.3, -0.25) is 4.79 Å². The Balaban J connectivity index is 2.19. The van der Waals surface area contributed by atoms with Crippen molar-refractivity contribution in [1.29, 1.82) is 0 Å². The van der Waals surface area contributed by atoms with Crippen LogP contribution in [0.1, 0.15) is 10.4 Å². The highest BCUT2D eigenvalue weighted by atomic mass is 35.5. The zero-order valence-electron chi connectivity index (χ0n) is 12.3. The first-order valence-electron chi connectivity index (χ1n) is 6.94. The van der Waals surface area contributed by atoms with E-state index in [4.69, 9.17) is 23.2 Å². The molecule has 0 radical (unpaired) electrons. The van der Waals surface area contributed by atoms with Gasteiger partial charge in [0.25, 0.3) is 5.91 Å². The van der Waals surface area contributed by atoms with Gasteiger partial charge in [-0.2, -0.15) is 4.99 Å². The molecule has 7 heteroatoms. The second-order valence-electron chi connectivity index (χ2n) is 4.91. The fraction of sp³-hybridized carbons (Fsp3) is 0.0588. The predicted molar refractivity (Wildman–Crippen MR) is 96.3 cm³/mol. The number of hydrogen-bond donors (Lipinski definition) is 0. The zero-order chi connectivity index (χ0) is 17.3. The van der Waals surface area contributed by atoms with Gasteiger partial charge in [-0.05, 0) is 30.3 Å². The highest BCUT2D eigenvalue weighted by Gasteiger charge is 2.13. The third-order valence-electron chi connectivity index (χ3n) is 3.32. The Morgan fingerprint density at radius 2 is 2.12 bits per heavy atom. The van der Waals surface area contributed by atoms with Crippen molar-refractivity contribution in [2.75, 3.05) is 0 Å². The smallest absolute Gasteiger partial charge is 0.281 e. The number of fused-ring (bicyclic) bond motifs is 1. The summed E-state index contributed by atoms with van der Waals surface area (Å²) in [5.74, 6) is -0.884. The molecule has 0 bridgehead atoms. The van der Waals surface area contributed by atoms with E-state index in [1.54, 1.807) is 28.8 Å². The van der Waals surface area contributed by atoms with Gasteiger partial charge in [0, 0.05) is 11.6 Å². The number of aromatic nitrogens is 1. The highest BCUT2D eigenvalue weighted by Crippen LogP contribution is 2.23. The molecule has 0 aliphatic carbocycles. The average molecular weight is 381 g/mol. The summed E-state index contributed by atoms with van der Waals surface area (Å²) in [5, 5.41) is 0.654. The summed E-state index contributed by atoms with van der Waals surface area (Å²) in [5.41, 5.74) is 0.639. The van der Waals surface area contributed by atoms with Crippen molar-refractivity contribution in [3.8, 4) is 0 Å². The van der Waals surface area contributed by atoms with Crippen molar-refractivity contribution in [3.63, 3.8) is 0 Å². The van der Waals surface area contributed by atoms with Gasteiger partial charge >= 0.3 is 0 Å². The van der Waals surface area contributed by atoms with Crippen LogP contribution in [-0.2, 0) is 6.54 Å². The summed E-state index contributed by atoms with van der Waals surface area (Å²) in [6.45, 7) is 4.01. The lowest BCUT2D eigenvalue weighted by atomic mass is 10.2. The molecule has 1 aromatic heterocycles. The van der Waals surface area contributed by atoms with Crippen molar-refractivity contribution in [3.05, 3.63) is 75.3 Å². The summed E-state index contributed by atoms with van der Waals surface area (Å²) in [6.07, 6.45) is 1.62. The van der Waals surface area contributed by atoms with Gasteiger partial charge in [-0.15, -0.1) is 6.58 Å². The van der Waals surface area contributed by atoms with Crippen LogP contribution in [0.4, 0.5) is 4.39 Å². The van der Waals surface area contributed by atoms with Gasteiger partial charge in [0.1, 0.15) is 5.82 Å². The number of amides is 1. The number of halogens is 3.